The molecule has 1 saturated heterocycles. The van der Waals surface area contributed by atoms with E-state index in [0.29, 0.717) is 18.7 Å². The summed E-state index contributed by atoms with van der Waals surface area (Å²) < 4.78 is 30.6. The van der Waals surface area contributed by atoms with Gasteiger partial charge in [0.15, 0.2) is 0 Å². The average molecular weight is 355 g/mol. The zero-order chi connectivity index (χ0) is 18.0. The van der Waals surface area contributed by atoms with Crippen LogP contribution < -0.4 is 0 Å². The Morgan fingerprint density at radius 1 is 1.38 bits per heavy atom. The largest absolute Gasteiger partial charge is 0.444 e. The number of amides is 1. The summed E-state index contributed by atoms with van der Waals surface area (Å²) in [5.74, 6) is -0.185. The molecule has 0 N–H and O–H groups in total. The highest BCUT2D eigenvalue weighted by atomic mass is 32.2. The van der Waals surface area contributed by atoms with Crippen molar-refractivity contribution in [2.75, 3.05) is 12.3 Å². The molecule has 1 aromatic heterocycles. The fraction of sp³-hybridized carbons (Fsp3) is 0.688. The second-order valence-corrected chi connectivity index (χ2v) is 9.01. The molecule has 2 rings (SSSR count). The lowest BCUT2D eigenvalue weighted by molar-refractivity contribution is 0.0124. The average Bonchev–Trinajstić information content (AvgIpc) is 2.45. The lowest BCUT2D eigenvalue weighted by atomic mass is 10.0. The van der Waals surface area contributed by atoms with Crippen molar-refractivity contribution in [1.29, 1.82) is 0 Å². The molecule has 0 aromatic carbocycles. The molecule has 2 heterocycles. The maximum atomic E-state index is 12.6. The molecule has 0 saturated carbocycles. The van der Waals surface area contributed by atoms with E-state index in [-0.39, 0.29) is 10.9 Å². The molecule has 0 spiro atoms. The van der Waals surface area contributed by atoms with Crippen molar-refractivity contribution in [3.8, 4) is 0 Å². The SMILES string of the molecule is Cc1ccnc(S(=O)(=O)CC2CCCCN2C(=O)OC(C)(C)C)n1. The summed E-state index contributed by atoms with van der Waals surface area (Å²) in [5.41, 5.74) is -0.0198. The van der Waals surface area contributed by atoms with E-state index in [1.165, 1.54) is 11.1 Å². The van der Waals surface area contributed by atoms with Gasteiger partial charge in [0.05, 0.1) is 5.75 Å². The number of sulfone groups is 1. The second-order valence-electron chi connectivity index (χ2n) is 7.09. The van der Waals surface area contributed by atoms with E-state index in [0.717, 1.165) is 12.8 Å². The van der Waals surface area contributed by atoms with Gasteiger partial charge in [-0.1, -0.05) is 0 Å². The molecule has 0 radical (unpaired) electrons. The van der Waals surface area contributed by atoms with Crippen molar-refractivity contribution in [3.63, 3.8) is 0 Å². The van der Waals surface area contributed by atoms with Crippen LogP contribution in [0.4, 0.5) is 4.79 Å². The summed E-state index contributed by atoms with van der Waals surface area (Å²) >= 11 is 0. The maximum absolute atomic E-state index is 12.6. The zero-order valence-corrected chi connectivity index (χ0v) is 15.5. The highest BCUT2D eigenvalue weighted by Crippen LogP contribution is 2.23. The minimum Gasteiger partial charge on any atom is -0.444 e. The molecule has 1 unspecified atom stereocenters. The van der Waals surface area contributed by atoms with Crippen LogP contribution in [-0.4, -0.2) is 53.3 Å². The quantitative estimate of drug-likeness (QED) is 0.773. The standard InChI is InChI=1S/C16H25N3O4S/c1-12-8-9-17-14(18-12)24(21,22)11-13-7-5-6-10-19(13)15(20)23-16(2,3)4/h8-9,13H,5-7,10-11H2,1-4H3. The van der Waals surface area contributed by atoms with Crippen LogP contribution in [-0.2, 0) is 14.6 Å². The minimum atomic E-state index is -3.66. The summed E-state index contributed by atoms with van der Waals surface area (Å²) in [6.07, 6.45) is 3.32. The molecule has 0 aliphatic carbocycles. The van der Waals surface area contributed by atoms with E-state index in [9.17, 15) is 13.2 Å². The van der Waals surface area contributed by atoms with Crippen LogP contribution in [0.1, 0.15) is 45.7 Å². The van der Waals surface area contributed by atoms with Crippen LogP contribution in [0.3, 0.4) is 0 Å². The van der Waals surface area contributed by atoms with E-state index in [2.05, 4.69) is 9.97 Å². The van der Waals surface area contributed by atoms with Crippen molar-refractivity contribution in [2.24, 2.45) is 0 Å². The molecule has 1 aliphatic rings. The molecular weight excluding hydrogens is 330 g/mol. The third-order valence-electron chi connectivity index (χ3n) is 3.72. The van der Waals surface area contributed by atoms with Gasteiger partial charge in [0.2, 0.25) is 15.0 Å². The lowest BCUT2D eigenvalue weighted by Crippen LogP contribution is -2.49. The van der Waals surface area contributed by atoms with Crippen molar-refractivity contribution in [2.45, 2.75) is 63.8 Å². The highest BCUT2D eigenvalue weighted by molar-refractivity contribution is 7.91. The van der Waals surface area contributed by atoms with Crippen LogP contribution in [0, 0.1) is 6.92 Å². The molecule has 24 heavy (non-hydrogen) atoms. The Morgan fingerprint density at radius 3 is 2.71 bits per heavy atom. The molecule has 1 amide bonds. The fourth-order valence-electron chi connectivity index (χ4n) is 2.64. The first-order valence-electron chi connectivity index (χ1n) is 8.10. The Balaban J connectivity index is 2.17. The van der Waals surface area contributed by atoms with Gasteiger partial charge in [0.25, 0.3) is 0 Å². The maximum Gasteiger partial charge on any atom is 0.410 e. The number of rotatable bonds is 3. The zero-order valence-electron chi connectivity index (χ0n) is 14.7. The molecule has 0 bridgehead atoms. The highest BCUT2D eigenvalue weighted by Gasteiger charge is 2.34. The van der Waals surface area contributed by atoms with E-state index in [4.69, 9.17) is 4.74 Å². The molecule has 1 fully saturated rings. The smallest absolute Gasteiger partial charge is 0.410 e. The lowest BCUT2D eigenvalue weighted by Gasteiger charge is -2.36. The topological polar surface area (TPSA) is 89.5 Å². The molecular formula is C16H25N3O4S. The van der Waals surface area contributed by atoms with E-state index >= 15 is 0 Å². The first-order chi connectivity index (χ1) is 11.1. The number of carbonyl (C=O) groups excluding carboxylic acids is 1. The first-order valence-corrected chi connectivity index (χ1v) is 9.76. The number of piperidine rings is 1. The van der Waals surface area contributed by atoms with Crippen LogP contribution >= 0.6 is 0 Å². The molecule has 8 heteroatoms. The summed E-state index contributed by atoms with van der Waals surface area (Å²) in [6.45, 7) is 7.60. The van der Waals surface area contributed by atoms with Gasteiger partial charge >= 0.3 is 6.09 Å². The Labute approximate surface area is 143 Å². The number of ether oxygens (including phenoxy) is 1. The van der Waals surface area contributed by atoms with Gasteiger partial charge in [-0.3, -0.25) is 0 Å². The normalized spacial score (nSPS) is 19.2. The Kier molecular flexibility index (Phi) is 5.47. The van der Waals surface area contributed by atoms with Gasteiger partial charge in [0, 0.05) is 24.5 Å². The van der Waals surface area contributed by atoms with Crippen LogP contribution in [0.15, 0.2) is 17.4 Å². The molecule has 134 valence electrons. The van der Waals surface area contributed by atoms with Crippen LogP contribution in [0.2, 0.25) is 0 Å². The Hall–Kier alpha value is -1.70. The summed E-state index contributed by atoms with van der Waals surface area (Å²) in [6, 6.07) is 1.23. The number of aromatic nitrogens is 2. The molecule has 1 atom stereocenters. The number of aryl methyl sites for hydroxylation is 1. The van der Waals surface area contributed by atoms with Gasteiger partial charge < -0.3 is 9.64 Å². The number of hydrogen-bond acceptors (Lipinski definition) is 6. The van der Waals surface area contributed by atoms with Crippen molar-refractivity contribution < 1.29 is 17.9 Å². The Bertz CT molecular complexity index is 698. The predicted molar refractivity (Wildman–Crippen MR) is 89.4 cm³/mol. The van der Waals surface area contributed by atoms with Crippen molar-refractivity contribution in [1.82, 2.24) is 14.9 Å². The predicted octanol–water partition coefficient (Wildman–Crippen LogP) is 2.35. The number of hydrogen-bond donors (Lipinski definition) is 0. The molecule has 1 aromatic rings. The third kappa shape index (κ3) is 4.90. The number of likely N-dealkylation sites (tertiary alicyclic amines) is 1. The monoisotopic (exact) mass is 355 g/mol. The summed E-state index contributed by atoms with van der Waals surface area (Å²) in [4.78, 5) is 21.8. The fourth-order valence-corrected chi connectivity index (χ4v) is 4.15. The van der Waals surface area contributed by atoms with Gasteiger partial charge in [-0.15, -0.1) is 0 Å². The first kappa shape index (κ1) is 18.6. The molecule has 1 aliphatic heterocycles. The minimum absolute atomic E-state index is 0.183. The van der Waals surface area contributed by atoms with Gasteiger partial charge in [-0.2, -0.15) is 0 Å². The van der Waals surface area contributed by atoms with Gasteiger partial charge in [0.1, 0.15) is 5.60 Å². The second kappa shape index (κ2) is 7.04. The van der Waals surface area contributed by atoms with Crippen LogP contribution in [0.5, 0.6) is 0 Å². The summed E-state index contributed by atoms with van der Waals surface area (Å²) in [7, 11) is -3.66. The van der Waals surface area contributed by atoms with Crippen molar-refractivity contribution >= 4 is 15.9 Å². The van der Waals surface area contributed by atoms with Gasteiger partial charge in [-0.25, -0.2) is 23.2 Å². The van der Waals surface area contributed by atoms with Crippen LogP contribution in [0.25, 0.3) is 0 Å². The van der Waals surface area contributed by atoms with E-state index in [1.807, 2.05) is 0 Å². The van der Waals surface area contributed by atoms with E-state index < -0.39 is 27.6 Å². The van der Waals surface area contributed by atoms with Gasteiger partial charge in [-0.05, 0) is 53.0 Å². The third-order valence-corrected chi connectivity index (χ3v) is 5.29. The Morgan fingerprint density at radius 2 is 2.08 bits per heavy atom. The molecule has 7 nitrogen and oxygen atoms in total. The summed E-state index contributed by atoms with van der Waals surface area (Å²) in [5, 5.41) is -0.183. The van der Waals surface area contributed by atoms with Crippen molar-refractivity contribution in [3.05, 3.63) is 18.0 Å². The van der Waals surface area contributed by atoms with E-state index in [1.54, 1.807) is 33.8 Å². The number of nitrogens with zero attached hydrogens (tertiary/aromatic N) is 3. The number of carbonyl (C=O) groups is 1.